The summed E-state index contributed by atoms with van der Waals surface area (Å²) in [5.41, 5.74) is 3.69. The van der Waals surface area contributed by atoms with Crippen LogP contribution in [0.1, 0.15) is 27.0 Å². The lowest BCUT2D eigenvalue weighted by Crippen LogP contribution is -2.19. The van der Waals surface area contributed by atoms with Crippen molar-refractivity contribution in [2.45, 2.75) is 13.5 Å². The fourth-order valence-corrected chi connectivity index (χ4v) is 4.65. The van der Waals surface area contributed by atoms with Crippen molar-refractivity contribution in [3.63, 3.8) is 0 Å². The van der Waals surface area contributed by atoms with Gasteiger partial charge in [-0.25, -0.2) is 9.79 Å². The first-order chi connectivity index (χ1) is 16.8. The number of aromatic carboxylic acids is 1. The van der Waals surface area contributed by atoms with E-state index in [0.717, 1.165) is 22.4 Å². The molecular formula is C26H21BrN2O5S. The van der Waals surface area contributed by atoms with Crippen LogP contribution in [-0.2, 0) is 11.4 Å². The first-order valence-corrected chi connectivity index (χ1v) is 12.1. The summed E-state index contributed by atoms with van der Waals surface area (Å²) in [5, 5.41) is 12.3. The Morgan fingerprint density at radius 3 is 2.51 bits per heavy atom. The van der Waals surface area contributed by atoms with Crippen molar-refractivity contribution in [3.05, 3.63) is 92.3 Å². The SMILES string of the molecule is COc1cc(/C=C2/SC(=Nc3ccc(C)cc3)NC2=O)cc(Br)c1OCc1ccc(C(=O)O)cc1. The summed E-state index contributed by atoms with van der Waals surface area (Å²) in [6, 6.07) is 17.8. The van der Waals surface area contributed by atoms with Gasteiger partial charge in [0.05, 0.1) is 27.7 Å². The number of thioether (sulfide) groups is 1. The molecule has 1 heterocycles. The predicted molar refractivity (Wildman–Crippen MR) is 140 cm³/mol. The van der Waals surface area contributed by atoms with Crippen LogP contribution in [0.3, 0.4) is 0 Å². The van der Waals surface area contributed by atoms with Gasteiger partial charge in [0.2, 0.25) is 0 Å². The molecule has 9 heteroatoms. The van der Waals surface area contributed by atoms with E-state index in [2.05, 4.69) is 26.2 Å². The normalized spacial score (nSPS) is 15.3. The molecular weight excluding hydrogens is 532 g/mol. The van der Waals surface area contributed by atoms with Gasteiger partial charge in [-0.1, -0.05) is 29.8 Å². The Bertz CT molecular complexity index is 1340. The van der Waals surface area contributed by atoms with Gasteiger partial charge in [0.15, 0.2) is 16.7 Å². The molecule has 1 amide bonds. The second kappa shape index (κ2) is 10.8. The molecule has 7 nitrogen and oxygen atoms in total. The smallest absolute Gasteiger partial charge is 0.335 e. The molecule has 1 fully saturated rings. The average Bonchev–Trinajstić information content (AvgIpc) is 3.18. The quantitative estimate of drug-likeness (QED) is 0.352. The van der Waals surface area contributed by atoms with Crippen LogP contribution < -0.4 is 14.8 Å². The monoisotopic (exact) mass is 552 g/mol. The van der Waals surface area contributed by atoms with Crippen LogP contribution in [0.5, 0.6) is 11.5 Å². The Morgan fingerprint density at radius 1 is 1.14 bits per heavy atom. The largest absolute Gasteiger partial charge is 0.493 e. The summed E-state index contributed by atoms with van der Waals surface area (Å²) in [5.74, 6) is -0.206. The van der Waals surface area contributed by atoms with E-state index in [-0.39, 0.29) is 18.1 Å². The molecule has 178 valence electrons. The number of carbonyl (C=O) groups excluding carboxylic acids is 1. The van der Waals surface area contributed by atoms with E-state index in [9.17, 15) is 9.59 Å². The minimum absolute atomic E-state index is 0.214. The topological polar surface area (TPSA) is 97.2 Å². The maximum atomic E-state index is 12.5. The minimum atomic E-state index is -0.978. The Morgan fingerprint density at radius 2 is 1.86 bits per heavy atom. The number of carbonyl (C=O) groups is 2. The standard InChI is InChI=1S/C26H21BrN2O5S/c1-15-3-9-19(10-4-15)28-26-29-24(30)22(35-26)13-17-11-20(27)23(21(12-17)33-2)34-14-16-5-7-18(8-6-16)25(31)32/h3-13H,14H2,1-2H3,(H,31,32)(H,28,29,30)/b22-13+. The number of halogens is 1. The lowest BCUT2D eigenvalue weighted by atomic mass is 10.1. The van der Waals surface area contributed by atoms with Crippen molar-refractivity contribution in [3.8, 4) is 11.5 Å². The van der Waals surface area contributed by atoms with Crippen LogP contribution in [0.2, 0.25) is 0 Å². The third-order valence-electron chi connectivity index (χ3n) is 5.05. The number of nitrogens with one attached hydrogen (secondary N) is 1. The van der Waals surface area contributed by atoms with Crippen molar-refractivity contribution in [2.24, 2.45) is 4.99 Å². The lowest BCUT2D eigenvalue weighted by molar-refractivity contribution is -0.115. The molecule has 0 spiro atoms. The van der Waals surface area contributed by atoms with Gasteiger partial charge in [-0.05, 0) is 88.2 Å². The van der Waals surface area contributed by atoms with Crippen LogP contribution in [0.25, 0.3) is 6.08 Å². The van der Waals surface area contributed by atoms with Gasteiger partial charge >= 0.3 is 5.97 Å². The van der Waals surface area contributed by atoms with Gasteiger partial charge in [0.25, 0.3) is 5.91 Å². The van der Waals surface area contributed by atoms with E-state index in [4.69, 9.17) is 14.6 Å². The zero-order valence-corrected chi connectivity index (χ0v) is 21.3. The highest BCUT2D eigenvalue weighted by Crippen LogP contribution is 2.39. The van der Waals surface area contributed by atoms with Gasteiger partial charge in [0, 0.05) is 0 Å². The molecule has 1 aliphatic rings. The van der Waals surface area contributed by atoms with Gasteiger partial charge in [-0.2, -0.15) is 0 Å². The average molecular weight is 553 g/mol. The van der Waals surface area contributed by atoms with Gasteiger partial charge in [-0.3, -0.25) is 4.79 Å². The van der Waals surface area contributed by atoms with Crippen molar-refractivity contribution in [1.29, 1.82) is 0 Å². The highest BCUT2D eigenvalue weighted by molar-refractivity contribution is 9.10. The molecule has 35 heavy (non-hydrogen) atoms. The fourth-order valence-electron chi connectivity index (χ4n) is 3.23. The molecule has 0 saturated carbocycles. The fraction of sp³-hybridized carbons (Fsp3) is 0.115. The molecule has 0 unspecified atom stereocenters. The van der Waals surface area contributed by atoms with E-state index in [1.807, 2.05) is 37.3 Å². The number of ether oxygens (including phenoxy) is 2. The van der Waals surface area contributed by atoms with Crippen molar-refractivity contribution < 1.29 is 24.2 Å². The first kappa shape index (κ1) is 24.6. The van der Waals surface area contributed by atoms with Crippen molar-refractivity contribution >= 4 is 56.5 Å². The molecule has 0 bridgehead atoms. The number of amides is 1. The summed E-state index contributed by atoms with van der Waals surface area (Å²) in [6.07, 6.45) is 1.76. The Hall–Kier alpha value is -3.56. The Labute approximate surface area is 215 Å². The number of hydrogen-bond acceptors (Lipinski definition) is 6. The second-order valence-electron chi connectivity index (χ2n) is 7.64. The van der Waals surface area contributed by atoms with Gasteiger partial charge in [-0.15, -0.1) is 0 Å². The van der Waals surface area contributed by atoms with Crippen molar-refractivity contribution in [2.75, 3.05) is 7.11 Å². The van der Waals surface area contributed by atoms with E-state index in [1.165, 1.54) is 31.0 Å². The predicted octanol–water partition coefficient (Wildman–Crippen LogP) is 5.93. The van der Waals surface area contributed by atoms with Crippen LogP contribution in [0.15, 0.2) is 75.0 Å². The number of nitrogens with zero attached hydrogens (tertiary/aromatic N) is 1. The number of carboxylic acids is 1. The molecule has 0 aliphatic carbocycles. The molecule has 0 radical (unpaired) electrons. The molecule has 4 rings (SSSR count). The van der Waals surface area contributed by atoms with Gasteiger partial charge in [0.1, 0.15) is 6.61 Å². The zero-order valence-electron chi connectivity index (χ0n) is 18.9. The highest BCUT2D eigenvalue weighted by Gasteiger charge is 2.24. The first-order valence-electron chi connectivity index (χ1n) is 10.5. The maximum absolute atomic E-state index is 12.5. The van der Waals surface area contributed by atoms with Crippen LogP contribution in [0, 0.1) is 6.92 Å². The summed E-state index contributed by atoms with van der Waals surface area (Å²) in [7, 11) is 1.54. The number of aliphatic imine (C=N–C) groups is 1. The molecule has 2 N–H and O–H groups in total. The van der Waals surface area contributed by atoms with E-state index >= 15 is 0 Å². The summed E-state index contributed by atoms with van der Waals surface area (Å²) in [4.78, 5) is 28.5. The number of benzene rings is 3. The lowest BCUT2D eigenvalue weighted by Gasteiger charge is -2.14. The maximum Gasteiger partial charge on any atom is 0.335 e. The number of hydrogen-bond donors (Lipinski definition) is 2. The van der Waals surface area contributed by atoms with E-state index < -0.39 is 5.97 Å². The molecule has 0 atom stereocenters. The molecule has 0 aromatic heterocycles. The summed E-state index contributed by atoms with van der Waals surface area (Å²) < 4.78 is 12.1. The molecule has 1 saturated heterocycles. The number of aryl methyl sites for hydroxylation is 1. The number of methoxy groups -OCH3 is 1. The number of rotatable bonds is 7. The van der Waals surface area contributed by atoms with Crippen LogP contribution >= 0.6 is 27.7 Å². The summed E-state index contributed by atoms with van der Waals surface area (Å²) >= 11 is 4.79. The Kier molecular flexibility index (Phi) is 7.57. The third kappa shape index (κ3) is 6.12. The minimum Gasteiger partial charge on any atom is -0.493 e. The molecule has 1 aliphatic heterocycles. The Balaban J connectivity index is 1.50. The van der Waals surface area contributed by atoms with Crippen LogP contribution in [-0.4, -0.2) is 29.3 Å². The van der Waals surface area contributed by atoms with Crippen molar-refractivity contribution in [1.82, 2.24) is 5.32 Å². The van der Waals surface area contributed by atoms with Crippen LogP contribution in [0.4, 0.5) is 5.69 Å². The summed E-state index contributed by atoms with van der Waals surface area (Å²) in [6.45, 7) is 2.23. The highest BCUT2D eigenvalue weighted by atomic mass is 79.9. The van der Waals surface area contributed by atoms with Gasteiger partial charge < -0.3 is 19.9 Å². The molecule has 3 aromatic carbocycles. The molecule has 3 aromatic rings. The zero-order chi connectivity index (χ0) is 24.9. The third-order valence-corrected chi connectivity index (χ3v) is 6.55. The second-order valence-corrected chi connectivity index (χ2v) is 9.53. The van der Waals surface area contributed by atoms with E-state index in [1.54, 1.807) is 24.3 Å². The number of carboxylic acid groups (broad SMARTS) is 1. The van der Waals surface area contributed by atoms with E-state index in [0.29, 0.717) is 26.0 Å². The number of amidine groups is 1.